The lowest BCUT2D eigenvalue weighted by Crippen LogP contribution is -2.31. The van der Waals surface area contributed by atoms with Gasteiger partial charge in [-0.15, -0.1) is 0 Å². The van der Waals surface area contributed by atoms with Gasteiger partial charge in [-0.1, -0.05) is 20.8 Å². The summed E-state index contributed by atoms with van der Waals surface area (Å²) in [5.74, 6) is 0.788. The van der Waals surface area contributed by atoms with E-state index in [2.05, 4.69) is 31.2 Å². The van der Waals surface area contributed by atoms with Gasteiger partial charge in [-0.25, -0.2) is 0 Å². The molecule has 3 N–H and O–H groups in total. The second-order valence-electron chi connectivity index (χ2n) is 4.72. The summed E-state index contributed by atoms with van der Waals surface area (Å²) in [6.45, 7) is 9.69. The van der Waals surface area contributed by atoms with E-state index in [4.69, 9.17) is 5.73 Å². The van der Waals surface area contributed by atoms with Crippen molar-refractivity contribution in [2.45, 2.75) is 34.2 Å². The molecule has 5 heteroatoms. The van der Waals surface area contributed by atoms with Gasteiger partial charge < -0.3 is 11.1 Å². The van der Waals surface area contributed by atoms with Crippen LogP contribution in [0.25, 0.3) is 0 Å². The largest absolute Gasteiger partial charge is 0.396 e. The predicted molar refractivity (Wildman–Crippen MR) is 68.6 cm³/mol. The molecule has 0 bridgehead atoms. The van der Waals surface area contributed by atoms with Gasteiger partial charge in [-0.05, 0) is 18.8 Å². The van der Waals surface area contributed by atoms with Crippen molar-refractivity contribution in [2.24, 2.45) is 11.8 Å². The lowest BCUT2D eigenvalue weighted by molar-refractivity contribution is 0.0940. The summed E-state index contributed by atoms with van der Waals surface area (Å²) in [5, 5.41) is 6.99. The maximum Gasteiger partial charge on any atom is 0.273 e. The molecule has 0 saturated carbocycles. The van der Waals surface area contributed by atoms with Crippen LogP contribution in [0.2, 0.25) is 0 Å². The smallest absolute Gasteiger partial charge is 0.273 e. The SMILES string of the molecule is CCn1cc(N)c(C(=O)NCC(C)C(C)C)n1. The first-order valence-corrected chi connectivity index (χ1v) is 6.06. The minimum absolute atomic E-state index is 0.192. The molecule has 0 spiro atoms. The number of aryl methyl sites for hydroxylation is 1. The van der Waals surface area contributed by atoms with E-state index in [1.165, 1.54) is 0 Å². The van der Waals surface area contributed by atoms with E-state index in [0.717, 1.165) is 0 Å². The third-order valence-electron chi connectivity index (χ3n) is 3.05. The van der Waals surface area contributed by atoms with Crippen molar-refractivity contribution in [3.05, 3.63) is 11.9 Å². The Morgan fingerprint density at radius 2 is 2.18 bits per heavy atom. The molecule has 5 nitrogen and oxygen atoms in total. The highest BCUT2D eigenvalue weighted by molar-refractivity contribution is 5.96. The van der Waals surface area contributed by atoms with E-state index in [9.17, 15) is 4.79 Å². The summed E-state index contributed by atoms with van der Waals surface area (Å²) < 4.78 is 1.66. The fourth-order valence-electron chi connectivity index (χ4n) is 1.35. The van der Waals surface area contributed by atoms with Crippen LogP contribution in [0.15, 0.2) is 6.20 Å². The van der Waals surface area contributed by atoms with Crippen molar-refractivity contribution < 1.29 is 4.79 Å². The Bertz CT molecular complexity index is 384. The van der Waals surface area contributed by atoms with Crippen molar-refractivity contribution >= 4 is 11.6 Å². The van der Waals surface area contributed by atoms with Crippen LogP contribution < -0.4 is 11.1 Å². The highest BCUT2D eigenvalue weighted by Gasteiger charge is 2.15. The van der Waals surface area contributed by atoms with Crippen LogP contribution >= 0.6 is 0 Å². The first kappa shape index (κ1) is 13.5. The summed E-state index contributed by atoms with van der Waals surface area (Å²) in [6.07, 6.45) is 1.68. The standard InChI is InChI=1S/C12H22N4O/c1-5-16-7-10(13)11(15-16)12(17)14-6-9(4)8(2)3/h7-9H,5-6,13H2,1-4H3,(H,14,17). The number of nitrogens with zero attached hydrogens (tertiary/aromatic N) is 2. The van der Waals surface area contributed by atoms with E-state index < -0.39 is 0 Å². The summed E-state index contributed by atoms with van der Waals surface area (Å²) in [5.41, 5.74) is 6.49. The van der Waals surface area contributed by atoms with Gasteiger partial charge in [0.2, 0.25) is 0 Å². The number of nitrogens with two attached hydrogens (primary N) is 1. The van der Waals surface area contributed by atoms with Gasteiger partial charge in [-0.2, -0.15) is 5.10 Å². The first-order valence-electron chi connectivity index (χ1n) is 6.06. The van der Waals surface area contributed by atoms with E-state index in [1.807, 2.05) is 6.92 Å². The highest BCUT2D eigenvalue weighted by Crippen LogP contribution is 2.11. The van der Waals surface area contributed by atoms with Crippen LogP contribution in [-0.2, 0) is 6.54 Å². The lowest BCUT2D eigenvalue weighted by atomic mass is 9.98. The zero-order chi connectivity index (χ0) is 13.0. The van der Waals surface area contributed by atoms with Crippen LogP contribution in [-0.4, -0.2) is 22.2 Å². The number of hydrogen-bond donors (Lipinski definition) is 2. The average molecular weight is 238 g/mol. The number of carbonyl (C=O) groups excluding carboxylic acids is 1. The summed E-state index contributed by atoms with van der Waals surface area (Å²) >= 11 is 0. The summed E-state index contributed by atoms with van der Waals surface area (Å²) in [7, 11) is 0. The van der Waals surface area contributed by atoms with E-state index in [-0.39, 0.29) is 5.91 Å². The molecule has 0 saturated heterocycles. The number of nitrogens with one attached hydrogen (secondary N) is 1. The van der Waals surface area contributed by atoms with E-state index >= 15 is 0 Å². The van der Waals surface area contributed by atoms with Gasteiger partial charge >= 0.3 is 0 Å². The second-order valence-corrected chi connectivity index (χ2v) is 4.72. The quantitative estimate of drug-likeness (QED) is 0.816. The summed E-state index contributed by atoms with van der Waals surface area (Å²) in [4.78, 5) is 11.9. The normalized spacial score (nSPS) is 12.8. The Balaban J connectivity index is 2.60. The molecule has 96 valence electrons. The van der Waals surface area contributed by atoms with E-state index in [1.54, 1.807) is 10.9 Å². The number of anilines is 1. The number of aromatic nitrogens is 2. The van der Waals surface area contributed by atoms with Crippen molar-refractivity contribution in [1.29, 1.82) is 0 Å². The third kappa shape index (κ3) is 3.47. The molecule has 1 aromatic heterocycles. The molecule has 0 aliphatic carbocycles. The Hall–Kier alpha value is -1.52. The molecule has 0 aromatic carbocycles. The highest BCUT2D eigenvalue weighted by atomic mass is 16.2. The Morgan fingerprint density at radius 3 is 2.65 bits per heavy atom. The molecular weight excluding hydrogens is 216 g/mol. The van der Waals surface area contributed by atoms with Crippen molar-refractivity contribution in [2.75, 3.05) is 12.3 Å². The molecule has 1 aromatic rings. The van der Waals surface area contributed by atoms with Crippen molar-refractivity contribution in [3.8, 4) is 0 Å². The molecule has 1 rings (SSSR count). The molecule has 0 radical (unpaired) electrons. The number of nitrogen functional groups attached to an aromatic ring is 1. The number of hydrogen-bond acceptors (Lipinski definition) is 3. The molecule has 0 aliphatic heterocycles. The maximum atomic E-state index is 11.9. The summed E-state index contributed by atoms with van der Waals surface area (Å²) in [6, 6.07) is 0. The molecule has 1 heterocycles. The average Bonchev–Trinajstić information content (AvgIpc) is 2.66. The molecule has 1 atom stereocenters. The minimum Gasteiger partial charge on any atom is -0.396 e. The van der Waals surface area contributed by atoms with Gasteiger partial charge in [0.1, 0.15) is 0 Å². The third-order valence-corrected chi connectivity index (χ3v) is 3.05. The minimum atomic E-state index is -0.192. The van der Waals surface area contributed by atoms with Crippen molar-refractivity contribution in [1.82, 2.24) is 15.1 Å². The first-order chi connectivity index (χ1) is 7.95. The van der Waals surface area contributed by atoms with Gasteiger partial charge in [0.15, 0.2) is 5.69 Å². The van der Waals surface area contributed by atoms with Gasteiger partial charge in [0, 0.05) is 19.3 Å². The Labute approximate surface area is 102 Å². The number of carbonyl (C=O) groups is 1. The predicted octanol–water partition coefficient (Wildman–Crippen LogP) is 1.51. The van der Waals surface area contributed by atoms with Gasteiger partial charge in [0.25, 0.3) is 5.91 Å². The molecule has 1 unspecified atom stereocenters. The van der Waals surface area contributed by atoms with Crippen LogP contribution in [0.4, 0.5) is 5.69 Å². The number of amides is 1. The van der Waals surface area contributed by atoms with Crippen LogP contribution in [0, 0.1) is 11.8 Å². The Kier molecular flexibility index (Phi) is 4.54. The number of rotatable bonds is 5. The Morgan fingerprint density at radius 1 is 1.53 bits per heavy atom. The van der Waals surface area contributed by atoms with Gasteiger partial charge in [0.05, 0.1) is 5.69 Å². The van der Waals surface area contributed by atoms with Crippen LogP contribution in [0.5, 0.6) is 0 Å². The van der Waals surface area contributed by atoms with Crippen molar-refractivity contribution in [3.63, 3.8) is 0 Å². The maximum absolute atomic E-state index is 11.9. The monoisotopic (exact) mass is 238 g/mol. The zero-order valence-electron chi connectivity index (χ0n) is 11.0. The lowest BCUT2D eigenvalue weighted by Gasteiger charge is -2.15. The second kappa shape index (κ2) is 5.70. The molecule has 0 fully saturated rings. The van der Waals surface area contributed by atoms with Crippen LogP contribution in [0.1, 0.15) is 38.2 Å². The fraction of sp³-hybridized carbons (Fsp3) is 0.667. The molecule has 0 aliphatic rings. The van der Waals surface area contributed by atoms with Gasteiger partial charge in [-0.3, -0.25) is 9.48 Å². The molecular formula is C12H22N4O. The molecule has 17 heavy (non-hydrogen) atoms. The molecule has 1 amide bonds. The van der Waals surface area contributed by atoms with E-state index in [0.29, 0.717) is 36.3 Å². The fourth-order valence-corrected chi connectivity index (χ4v) is 1.35. The topological polar surface area (TPSA) is 72.9 Å². The van der Waals surface area contributed by atoms with Crippen LogP contribution in [0.3, 0.4) is 0 Å². The zero-order valence-corrected chi connectivity index (χ0v) is 11.0.